The van der Waals surface area contributed by atoms with Crippen LogP contribution in [-0.4, -0.2) is 18.6 Å². The Labute approximate surface area is 56.8 Å². The zero-order valence-corrected chi connectivity index (χ0v) is 6.06. The molecular weight excluding hydrogens is 112 g/mol. The van der Waals surface area contributed by atoms with Gasteiger partial charge in [-0.2, -0.15) is 0 Å². The molecule has 9 heavy (non-hydrogen) atoms. The van der Waals surface area contributed by atoms with E-state index < -0.39 is 0 Å². The van der Waals surface area contributed by atoms with Gasteiger partial charge in [0, 0.05) is 12.1 Å². The van der Waals surface area contributed by atoms with Crippen LogP contribution in [0.3, 0.4) is 0 Å². The third-order valence-corrected chi connectivity index (χ3v) is 2.03. The van der Waals surface area contributed by atoms with Crippen molar-refractivity contribution < 1.29 is 0 Å². The molecule has 2 heteroatoms. The zero-order chi connectivity index (χ0) is 6.69. The summed E-state index contributed by atoms with van der Waals surface area (Å²) in [6, 6.07) is 1.14. The lowest BCUT2D eigenvalue weighted by Crippen LogP contribution is -2.43. The summed E-state index contributed by atoms with van der Waals surface area (Å²) in [7, 11) is 0. The molecular formula is C7H16N2. The van der Waals surface area contributed by atoms with Crippen molar-refractivity contribution in [2.24, 2.45) is 5.73 Å². The van der Waals surface area contributed by atoms with Crippen molar-refractivity contribution in [1.29, 1.82) is 0 Å². The first-order valence-electron chi connectivity index (χ1n) is 3.82. The van der Waals surface area contributed by atoms with Crippen molar-refractivity contribution in [3.63, 3.8) is 0 Å². The molecule has 2 atom stereocenters. The molecule has 54 valence electrons. The van der Waals surface area contributed by atoms with Gasteiger partial charge in [0.15, 0.2) is 0 Å². The van der Waals surface area contributed by atoms with Crippen molar-refractivity contribution in [2.45, 2.75) is 38.3 Å². The topological polar surface area (TPSA) is 38.0 Å². The van der Waals surface area contributed by atoms with Crippen LogP contribution in [0.15, 0.2) is 0 Å². The molecule has 1 aliphatic rings. The molecule has 0 unspecified atom stereocenters. The molecule has 1 heterocycles. The molecule has 0 radical (unpaired) electrons. The lowest BCUT2D eigenvalue weighted by Gasteiger charge is -2.26. The highest BCUT2D eigenvalue weighted by molar-refractivity contribution is 4.78. The van der Waals surface area contributed by atoms with Crippen molar-refractivity contribution in [3.8, 4) is 0 Å². The van der Waals surface area contributed by atoms with E-state index in [2.05, 4.69) is 12.2 Å². The van der Waals surface area contributed by atoms with Crippen molar-refractivity contribution in [2.75, 3.05) is 6.54 Å². The summed E-state index contributed by atoms with van der Waals surface area (Å²) in [5.41, 5.74) is 5.76. The van der Waals surface area contributed by atoms with E-state index in [-0.39, 0.29) is 0 Å². The maximum Gasteiger partial charge on any atom is 0.00791 e. The van der Waals surface area contributed by atoms with E-state index in [1.165, 1.54) is 6.42 Å². The van der Waals surface area contributed by atoms with E-state index in [9.17, 15) is 0 Å². The van der Waals surface area contributed by atoms with Gasteiger partial charge in [-0.25, -0.2) is 0 Å². The van der Waals surface area contributed by atoms with Crippen LogP contribution in [0.4, 0.5) is 0 Å². The Morgan fingerprint density at radius 1 is 1.67 bits per heavy atom. The fourth-order valence-corrected chi connectivity index (χ4v) is 1.35. The number of hydrogen-bond donors (Lipinski definition) is 2. The van der Waals surface area contributed by atoms with E-state index in [1.54, 1.807) is 0 Å². The summed E-state index contributed by atoms with van der Waals surface area (Å²) in [5, 5.41) is 3.42. The molecule has 0 aromatic heterocycles. The molecule has 1 aliphatic heterocycles. The lowest BCUT2D eigenvalue weighted by atomic mass is 9.99. The van der Waals surface area contributed by atoms with Gasteiger partial charge in [-0.1, -0.05) is 6.92 Å². The number of piperidine rings is 1. The van der Waals surface area contributed by atoms with Gasteiger partial charge >= 0.3 is 0 Å². The summed E-state index contributed by atoms with van der Waals surface area (Å²) in [4.78, 5) is 0. The Hall–Kier alpha value is -0.0800. The third-order valence-electron chi connectivity index (χ3n) is 2.03. The van der Waals surface area contributed by atoms with Gasteiger partial charge < -0.3 is 11.1 Å². The predicted octanol–water partition coefficient (Wildman–Crippen LogP) is 0.476. The minimum Gasteiger partial charge on any atom is -0.328 e. The van der Waals surface area contributed by atoms with Gasteiger partial charge in [-0.15, -0.1) is 0 Å². The first kappa shape index (κ1) is 7.03. The van der Waals surface area contributed by atoms with Gasteiger partial charge in [-0.05, 0) is 25.8 Å². The molecule has 1 rings (SSSR count). The SMILES string of the molecule is CC[C@@H]1C[C@@H](N)CCN1. The Kier molecular flexibility index (Phi) is 2.49. The van der Waals surface area contributed by atoms with Crippen LogP contribution < -0.4 is 11.1 Å². The van der Waals surface area contributed by atoms with Crippen LogP contribution >= 0.6 is 0 Å². The maximum atomic E-state index is 5.76. The summed E-state index contributed by atoms with van der Waals surface area (Å²) in [6.07, 6.45) is 3.53. The largest absolute Gasteiger partial charge is 0.328 e. The van der Waals surface area contributed by atoms with Crippen molar-refractivity contribution in [1.82, 2.24) is 5.32 Å². The minimum absolute atomic E-state index is 0.455. The average Bonchev–Trinajstić information content (AvgIpc) is 1.88. The molecule has 0 bridgehead atoms. The molecule has 0 aromatic carbocycles. The first-order valence-corrected chi connectivity index (χ1v) is 3.82. The molecule has 0 amide bonds. The van der Waals surface area contributed by atoms with E-state index in [4.69, 9.17) is 5.73 Å². The zero-order valence-electron chi connectivity index (χ0n) is 6.06. The highest BCUT2D eigenvalue weighted by Gasteiger charge is 2.15. The van der Waals surface area contributed by atoms with Crippen molar-refractivity contribution >= 4 is 0 Å². The predicted molar refractivity (Wildman–Crippen MR) is 39.3 cm³/mol. The quantitative estimate of drug-likeness (QED) is 0.539. The lowest BCUT2D eigenvalue weighted by molar-refractivity contribution is 0.355. The van der Waals surface area contributed by atoms with Crippen LogP contribution in [0, 0.1) is 0 Å². The molecule has 0 saturated carbocycles. The summed E-state index contributed by atoms with van der Waals surface area (Å²) in [6.45, 7) is 3.31. The normalized spacial score (nSPS) is 36.7. The molecule has 0 spiro atoms. The minimum atomic E-state index is 0.455. The first-order chi connectivity index (χ1) is 4.33. The van der Waals surface area contributed by atoms with Crippen molar-refractivity contribution in [3.05, 3.63) is 0 Å². The summed E-state index contributed by atoms with van der Waals surface area (Å²) >= 11 is 0. The van der Waals surface area contributed by atoms with E-state index in [0.29, 0.717) is 12.1 Å². The van der Waals surface area contributed by atoms with E-state index in [1.807, 2.05) is 0 Å². The Morgan fingerprint density at radius 3 is 2.89 bits per heavy atom. The molecule has 0 aromatic rings. The van der Waals surface area contributed by atoms with Gasteiger partial charge in [0.2, 0.25) is 0 Å². The number of nitrogens with one attached hydrogen (secondary N) is 1. The summed E-state index contributed by atoms with van der Waals surface area (Å²) in [5.74, 6) is 0. The smallest absolute Gasteiger partial charge is 0.00791 e. The fraction of sp³-hybridized carbons (Fsp3) is 1.00. The molecule has 3 N–H and O–H groups in total. The number of hydrogen-bond acceptors (Lipinski definition) is 2. The Bertz CT molecular complexity index is 83.0. The van der Waals surface area contributed by atoms with E-state index >= 15 is 0 Å². The fourth-order valence-electron chi connectivity index (χ4n) is 1.35. The van der Waals surface area contributed by atoms with Gasteiger partial charge in [0.05, 0.1) is 0 Å². The van der Waals surface area contributed by atoms with Gasteiger partial charge in [0.1, 0.15) is 0 Å². The highest BCUT2D eigenvalue weighted by atomic mass is 14.9. The van der Waals surface area contributed by atoms with Crippen LogP contribution in [0.5, 0.6) is 0 Å². The monoisotopic (exact) mass is 128 g/mol. The van der Waals surface area contributed by atoms with Crippen LogP contribution in [-0.2, 0) is 0 Å². The molecule has 1 saturated heterocycles. The number of rotatable bonds is 1. The van der Waals surface area contributed by atoms with Crippen LogP contribution in [0.25, 0.3) is 0 Å². The van der Waals surface area contributed by atoms with Crippen LogP contribution in [0.1, 0.15) is 26.2 Å². The average molecular weight is 128 g/mol. The Balaban J connectivity index is 2.23. The molecule has 0 aliphatic carbocycles. The highest BCUT2D eigenvalue weighted by Crippen LogP contribution is 2.07. The Morgan fingerprint density at radius 2 is 2.44 bits per heavy atom. The maximum absolute atomic E-state index is 5.76. The van der Waals surface area contributed by atoms with Gasteiger partial charge in [-0.3, -0.25) is 0 Å². The second-order valence-corrected chi connectivity index (χ2v) is 2.84. The molecule has 2 nitrogen and oxygen atoms in total. The standard InChI is InChI=1S/C7H16N2/c1-2-7-5-6(8)3-4-9-7/h6-7,9H,2-5,8H2,1H3/t6-,7+/m0/s1. The second kappa shape index (κ2) is 3.18. The third kappa shape index (κ3) is 1.95. The molecule has 1 fully saturated rings. The summed E-state index contributed by atoms with van der Waals surface area (Å²) < 4.78 is 0. The number of nitrogens with two attached hydrogens (primary N) is 1. The van der Waals surface area contributed by atoms with Crippen LogP contribution in [0.2, 0.25) is 0 Å². The van der Waals surface area contributed by atoms with E-state index in [0.717, 1.165) is 19.4 Å². The second-order valence-electron chi connectivity index (χ2n) is 2.84. The van der Waals surface area contributed by atoms with Gasteiger partial charge in [0.25, 0.3) is 0 Å².